The maximum Gasteiger partial charge on any atom is 0.0317 e. The molecule has 0 heterocycles. The molecule has 0 saturated carbocycles. The summed E-state index contributed by atoms with van der Waals surface area (Å²) in [6.07, 6.45) is 0. The molecule has 2 rings (SSSR count). The summed E-state index contributed by atoms with van der Waals surface area (Å²) < 4.78 is 0. The Labute approximate surface area is 115 Å². The lowest BCUT2D eigenvalue weighted by atomic mass is 9.98. The third-order valence-electron chi connectivity index (χ3n) is 3.50. The van der Waals surface area contributed by atoms with Gasteiger partial charge in [-0.2, -0.15) is 0 Å². The van der Waals surface area contributed by atoms with Gasteiger partial charge in [0.2, 0.25) is 0 Å². The number of hydrogen-bond donors (Lipinski definition) is 1. The third-order valence-corrected chi connectivity index (χ3v) is 3.50. The van der Waals surface area contributed by atoms with Gasteiger partial charge in [-0.15, -0.1) is 0 Å². The van der Waals surface area contributed by atoms with Crippen molar-refractivity contribution in [1.82, 2.24) is 4.90 Å². The van der Waals surface area contributed by atoms with Crippen LogP contribution >= 0.6 is 0 Å². The molecule has 0 amide bonds. The van der Waals surface area contributed by atoms with Crippen LogP contribution < -0.4 is 5.73 Å². The molecule has 2 heteroatoms. The largest absolute Gasteiger partial charge is 0.399 e. The molecule has 0 aliphatic rings. The fourth-order valence-corrected chi connectivity index (χ4v) is 2.33. The number of benzene rings is 2. The summed E-state index contributed by atoms with van der Waals surface area (Å²) in [5, 5.41) is 0. The van der Waals surface area contributed by atoms with E-state index in [0.717, 1.165) is 25.3 Å². The van der Waals surface area contributed by atoms with Crippen molar-refractivity contribution in [1.29, 1.82) is 0 Å². The van der Waals surface area contributed by atoms with Crippen LogP contribution in [-0.2, 0) is 6.54 Å². The minimum atomic E-state index is 0.835. The summed E-state index contributed by atoms with van der Waals surface area (Å²) in [6.45, 7) is 7.44. The smallest absolute Gasteiger partial charge is 0.0317 e. The van der Waals surface area contributed by atoms with Gasteiger partial charge < -0.3 is 5.73 Å². The van der Waals surface area contributed by atoms with Gasteiger partial charge in [-0.05, 0) is 41.9 Å². The van der Waals surface area contributed by atoms with Crippen LogP contribution in [0.4, 0.5) is 5.69 Å². The number of hydrogen-bond acceptors (Lipinski definition) is 2. The Morgan fingerprint density at radius 2 is 1.63 bits per heavy atom. The molecule has 2 N–H and O–H groups in total. The lowest BCUT2D eigenvalue weighted by Crippen LogP contribution is -2.22. The van der Waals surface area contributed by atoms with Gasteiger partial charge in [-0.1, -0.05) is 50.2 Å². The Balaban J connectivity index is 2.38. The molecule has 0 atom stereocenters. The summed E-state index contributed by atoms with van der Waals surface area (Å²) in [6, 6.07) is 16.7. The highest BCUT2D eigenvalue weighted by molar-refractivity contribution is 5.69. The van der Waals surface area contributed by atoms with Crippen molar-refractivity contribution in [2.24, 2.45) is 0 Å². The highest BCUT2D eigenvalue weighted by Crippen LogP contribution is 2.26. The zero-order valence-corrected chi connectivity index (χ0v) is 11.8. The SMILES string of the molecule is CCN(CC)Cc1cc(N)ccc1-c1ccccc1. The Hall–Kier alpha value is -1.80. The Morgan fingerprint density at radius 3 is 2.26 bits per heavy atom. The van der Waals surface area contributed by atoms with E-state index < -0.39 is 0 Å². The second-order valence-corrected chi connectivity index (χ2v) is 4.74. The molecule has 0 aliphatic carbocycles. The van der Waals surface area contributed by atoms with E-state index in [2.05, 4.69) is 55.1 Å². The standard InChI is InChI=1S/C17H22N2/c1-3-19(4-2)13-15-12-16(18)10-11-17(15)14-8-6-5-7-9-14/h5-12H,3-4,13,18H2,1-2H3. The van der Waals surface area contributed by atoms with Crippen molar-refractivity contribution in [3.05, 3.63) is 54.1 Å². The van der Waals surface area contributed by atoms with Crippen LogP contribution in [0.25, 0.3) is 11.1 Å². The summed E-state index contributed by atoms with van der Waals surface area (Å²) >= 11 is 0. The predicted molar refractivity (Wildman–Crippen MR) is 82.9 cm³/mol. The zero-order valence-electron chi connectivity index (χ0n) is 11.8. The van der Waals surface area contributed by atoms with E-state index in [1.807, 2.05) is 12.1 Å². The summed E-state index contributed by atoms with van der Waals surface area (Å²) in [7, 11) is 0. The number of nitrogens with zero attached hydrogens (tertiary/aromatic N) is 1. The maximum atomic E-state index is 5.95. The first-order chi connectivity index (χ1) is 9.24. The van der Waals surface area contributed by atoms with Crippen LogP contribution in [0.1, 0.15) is 19.4 Å². The topological polar surface area (TPSA) is 29.3 Å². The molecular weight excluding hydrogens is 232 g/mol. The van der Waals surface area contributed by atoms with E-state index in [-0.39, 0.29) is 0 Å². The van der Waals surface area contributed by atoms with Crippen LogP contribution in [0.2, 0.25) is 0 Å². The highest BCUT2D eigenvalue weighted by atomic mass is 15.1. The van der Waals surface area contributed by atoms with Crippen molar-refractivity contribution < 1.29 is 0 Å². The third kappa shape index (κ3) is 3.36. The quantitative estimate of drug-likeness (QED) is 0.823. The number of nitrogen functional groups attached to an aromatic ring is 1. The number of anilines is 1. The van der Waals surface area contributed by atoms with Crippen molar-refractivity contribution in [3.8, 4) is 11.1 Å². The van der Waals surface area contributed by atoms with E-state index in [9.17, 15) is 0 Å². The molecule has 100 valence electrons. The molecule has 0 aromatic heterocycles. The second-order valence-electron chi connectivity index (χ2n) is 4.74. The fourth-order valence-electron chi connectivity index (χ4n) is 2.33. The Kier molecular flexibility index (Phi) is 4.58. The van der Waals surface area contributed by atoms with Gasteiger partial charge in [-0.3, -0.25) is 4.90 Å². The van der Waals surface area contributed by atoms with E-state index >= 15 is 0 Å². The van der Waals surface area contributed by atoms with Gasteiger partial charge >= 0.3 is 0 Å². The van der Waals surface area contributed by atoms with Crippen molar-refractivity contribution in [2.75, 3.05) is 18.8 Å². The second kappa shape index (κ2) is 6.39. The molecule has 0 spiro atoms. The van der Waals surface area contributed by atoms with E-state index in [4.69, 9.17) is 5.73 Å². The summed E-state index contributed by atoms with van der Waals surface area (Å²) in [5.41, 5.74) is 10.6. The van der Waals surface area contributed by atoms with Crippen molar-refractivity contribution >= 4 is 5.69 Å². The van der Waals surface area contributed by atoms with Gasteiger partial charge in [0.1, 0.15) is 0 Å². The van der Waals surface area contributed by atoms with Crippen molar-refractivity contribution in [2.45, 2.75) is 20.4 Å². The monoisotopic (exact) mass is 254 g/mol. The normalized spacial score (nSPS) is 10.9. The molecule has 2 aromatic rings. The molecular formula is C17H22N2. The number of rotatable bonds is 5. The van der Waals surface area contributed by atoms with Crippen LogP contribution in [0.3, 0.4) is 0 Å². The zero-order chi connectivity index (χ0) is 13.7. The minimum Gasteiger partial charge on any atom is -0.399 e. The van der Waals surface area contributed by atoms with Gasteiger partial charge in [-0.25, -0.2) is 0 Å². The summed E-state index contributed by atoms with van der Waals surface area (Å²) in [4.78, 5) is 2.40. The number of nitrogens with two attached hydrogens (primary N) is 1. The average molecular weight is 254 g/mol. The first kappa shape index (κ1) is 13.6. The minimum absolute atomic E-state index is 0.835. The molecule has 0 saturated heterocycles. The van der Waals surface area contributed by atoms with Gasteiger partial charge in [0, 0.05) is 12.2 Å². The molecule has 19 heavy (non-hydrogen) atoms. The van der Waals surface area contributed by atoms with E-state index in [0.29, 0.717) is 0 Å². The van der Waals surface area contributed by atoms with E-state index in [1.54, 1.807) is 0 Å². The molecule has 0 bridgehead atoms. The first-order valence-corrected chi connectivity index (χ1v) is 6.90. The molecule has 0 radical (unpaired) electrons. The highest BCUT2D eigenvalue weighted by Gasteiger charge is 2.08. The lowest BCUT2D eigenvalue weighted by Gasteiger charge is -2.20. The van der Waals surface area contributed by atoms with Gasteiger partial charge in [0.15, 0.2) is 0 Å². The predicted octanol–water partition coefficient (Wildman–Crippen LogP) is 3.78. The maximum absolute atomic E-state index is 5.95. The summed E-state index contributed by atoms with van der Waals surface area (Å²) in [5.74, 6) is 0. The van der Waals surface area contributed by atoms with Gasteiger partial charge in [0.25, 0.3) is 0 Å². The Bertz CT molecular complexity index is 516. The molecule has 2 nitrogen and oxygen atoms in total. The molecule has 0 unspecified atom stereocenters. The van der Waals surface area contributed by atoms with Crippen LogP contribution in [0.15, 0.2) is 48.5 Å². The average Bonchev–Trinajstić information content (AvgIpc) is 2.46. The van der Waals surface area contributed by atoms with Gasteiger partial charge in [0.05, 0.1) is 0 Å². The van der Waals surface area contributed by atoms with Crippen LogP contribution in [0.5, 0.6) is 0 Å². The molecule has 2 aromatic carbocycles. The van der Waals surface area contributed by atoms with Crippen LogP contribution in [0, 0.1) is 0 Å². The van der Waals surface area contributed by atoms with Crippen molar-refractivity contribution in [3.63, 3.8) is 0 Å². The molecule has 0 aliphatic heterocycles. The first-order valence-electron chi connectivity index (χ1n) is 6.90. The Morgan fingerprint density at radius 1 is 0.947 bits per heavy atom. The van der Waals surface area contributed by atoms with E-state index in [1.165, 1.54) is 16.7 Å². The fraction of sp³-hybridized carbons (Fsp3) is 0.294. The van der Waals surface area contributed by atoms with Crippen LogP contribution in [-0.4, -0.2) is 18.0 Å². The lowest BCUT2D eigenvalue weighted by molar-refractivity contribution is 0.296. The molecule has 0 fully saturated rings.